The van der Waals surface area contributed by atoms with Gasteiger partial charge in [-0.05, 0) is 0 Å². The molecule has 0 aliphatic carbocycles. The van der Waals surface area contributed by atoms with Gasteiger partial charge in [0.15, 0.2) is 0 Å². The molecule has 0 heterocycles. The molecule has 0 N–H and O–H groups in total. The monoisotopic (exact) mass is 446 g/mol. The minimum absolute atomic E-state index is 0.310. The topological polar surface area (TPSA) is 0 Å². The molecule has 0 saturated heterocycles. The predicted octanol–water partition coefficient (Wildman–Crippen LogP) is 5.78. The van der Waals surface area contributed by atoms with Crippen molar-refractivity contribution in [3.8, 4) is 0 Å². The van der Waals surface area contributed by atoms with Gasteiger partial charge in [-0.1, -0.05) is 0 Å². The maximum absolute atomic E-state index is 13.1. The van der Waals surface area contributed by atoms with Gasteiger partial charge in [-0.25, -0.2) is 0 Å². The molecule has 2 rings (SSSR count). The maximum atomic E-state index is 13.1. The van der Waals surface area contributed by atoms with Gasteiger partial charge in [0.05, 0.1) is 0 Å². The third kappa shape index (κ3) is 6.88. The van der Waals surface area contributed by atoms with Gasteiger partial charge in [0.1, 0.15) is 0 Å². The molecule has 27 heavy (non-hydrogen) atoms. The molecule has 0 saturated carbocycles. The van der Waals surface area contributed by atoms with E-state index >= 15 is 0 Å². The Morgan fingerprint density at radius 1 is 0.519 bits per heavy atom. The molecule has 0 aliphatic rings. The van der Waals surface area contributed by atoms with Crippen molar-refractivity contribution in [1.82, 2.24) is 0 Å². The van der Waals surface area contributed by atoms with E-state index in [1.165, 1.54) is 48.5 Å². The molecule has 0 atom stereocenters. The van der Waals surface area contributed by atoms with Gasteiger partial charge < -0.3 is 0 Å². The van der Waals surface area contributed by atoms with Crippen LogP contribution in [0.15, 0.2) is 60.7 Å². The van der Waals surface area contributed by atoms with Crippen LogP contribution >= 0.6 is 0 Å². The van der Waals surface area contributed by atoms with E-state index in [1.54, 1.807) is 12.1 Å². The Morgan fingerprint density at radius 3 is 1.07 bits per heavy atom. The third-order valence-corrected chi connectivity index (χ3v) is 12.6. The van der Waals surface area contributed by atoms with Gasteiger partial charge in [0.25, 0.3) is 0 Å². The molecular weight excluding hydrogens is 428 g/mol. The summed E-state index contributed by atoms with van der Waals surface area (Å²) < 4.78 is 105. The molecule has 2 aromatic rings. The molecule has 0 unspecified atom stereocenters. The fraction of sp³-hybridized carbons (Fsp3) is 0.250. The van der Waals surface area contributed by atoms with Crippen molar-refractivity contribution in [2.24, 2.45) is 0 Å². The first-order valence-corrected chi connectivity index (χ1v) is 15.1. The van der Waals surface area contributed by atoms with E-state index in [-0.39, 0.29) is 0 Å². The number of hydrogen-bond donors (Lipinski definition) is 0. The van der Waals surface area contributed by atoms with E-state index in [0.29, 0.717) is 10.4 Å². The van der Waals surface area contributed by atoms with Crippen molar-refractivity contribution >= 4 is 35.8 Å². The summed E-state index contributed by atoms with van der Waals surface area (Å²) in [5.41, 5.74) is 0. The molecule has 152 valence electrons. The van der Waals surface area contributed by atoms with E-state index in [4.69, 9.17) is 0 Å². The Kier molecular flexibility index (Phi) is 5.54. The summed E-state index contributed by atoms with van der Waals surface area (Å²) in [6.07, 6.45) is 0. The SMILES string of the molecule is F[Si-](F)(F)(F)CC[Si](CC[Si-](F)(F)(F)F)(c1ccccc1)c1ccccc1. The van der Waals surface area contributed by atoms with Crippen LogP contribution in [0, 0.1) is 0 Å². The molecule has 0 fully saturated rings. The summed E-state index contributed by atoms with van der Waals surface area (Å²) in [6.45, 7) is 0. The van der Waals surface area contributed by atoms with Crippen molar-refractivity contribution in [1.29, 1.82) is 0 Å². The zero-order valence-corrected chi connectivity index (χ0v) is 17.1. The van der Waals surface area contributed by atoms with Crippen LogP contribution in [0.4, 0.5) is 32.9 Å². The van der Waals surface area contributed by atoms with Crippen molar-refractivity contribution in [2.45, 2.75) is 24.2 Å². The second-order valence-corrected chi connectivity index (χ2v) is 15.9. The predicted molar refractivity (Wildman–Crippen MR) is 97.5 cm³/mol. The Morgan fingerprint density at radius 2 is 0.815 bits per heavy atom. The first-order valence-electron chi connectivity index (χ1n) is 8.25. The first-order chi connectivity index (χ1) is 12.1. The number of hydrogen-bond acceptors (Lipinski definition) is 0. The molecule has 0 spiro atoms. The zero-order chi connectivity index (χ0) is 20.4. The normalized spacial score (nSPS) is 16.1. The van der Waals surface area contributed by atoms with E-state index in [0.717, 1.165) is 0 Å². The summed E-state index contributed by atoms with van der Waals surface area (Å²) in [6, 6.07) is 9.98. The molecule has 0 amide bonds. The standard InChI is InChI=1S/C16H18F8Si3/c17-26(18,19,20)13-11-25(12-14-27(21,22,23)24,15-7-3-1-4-8-15)16-9-5-2-6-10-16/h1-10H,11-14H2/q-2. The zero-order valence-electron chi connectivity index (χ0n) is 14.1. The molecule has 0 aromatic heterocycles. The molecule has 2 aromatic carbocycles. The van der Waals surface area contributed by atoms with E-state index in [9.17, 15) is 32.9 Å². The van der Waals surface area contributed by atoms with Crippen molar-refractivity contribution in [3.05, 3.63) is 60.7 Å². The summed E-state index contributed by atoms with van der Waals surface area (Å²) in [4.78, 5) is 0. The summed E-state index contributed by atoms with van der Waals surface area (Å²) in [5, 5.41) is 0.620. The van der Waals surface area contributed by atoms with Gasteiger partial charge in [-0.3, -0.25) is 0 Å². The van der Waals surface area contributed by atoms with Gasteiger partial charge in [0.2, 0.25) is 0 Å². The Labute approximate surface area is 154 Å². The van der Waals surface area contributed by atoms with Crippen LogP contribution < -0.4 is 10.4 Å². The minimum atomic E-state index is -8.18. The average Bonchev–Trinajstić information content (AvgIpc) is 2.54. The number of halogens is 8. The Balaban J connectivity index is 2.58. The molecule has 0 aliphatic heterocycles. The van der Waals surface area contributed by atoms with Crippen LogP contribution in [-0.2, 0) is 0 Å². The Bertz CT molecular complexity index is 682. The Hall–Kier alpha value is -1.47. The van der Waals surface area contributed by atoms with Gasteiger partial charge >= 0.3 is 154 Å². The second-order valence-electron chi connectivity index (χ2n) is 6.74. The van der Waals surface area contributed by atoms with E-state index in [1.807, 2.05) is 0 Å². The fourth-order valence-electron chi connectivity index (χ4n) is 3.19. The van der Waals surface area contributed by atoms with E-state index in [2.05, 4.69) is 0 Å². The molecule has 0 nitrogen and oxygen atoms in total. The van der Waals surface area contributed by atoms with Crippen LogP contribution in [-0.4, -0.2) is 25.4 Å². The van der Waals surface area contributed by atoms with Crippen LogP contribution in [0.25, 0.3) is 0 Å². The average molecular weight is 447 g/mol. The number of benzene rings is 2. The van der Waals surface area contributed by atoms with Crippen LogP contribution in [0.2, 0.25) is 24.2 Å². The molecule has 0 radical (unpaired) electrons. The fourth-order valence-corrected chi connectivity index (χ4v) is 13.0. The number of rotatable bonds is 8. The van der Waals surface area contributed by atoms with Gasteiger partial charge in [-0.15, -0.1) is 0 Å². The van der Waals surface area contributed by atoms with Crippen LogP contribution in [0.5, 0.6) is 0 Å². The summed E-state index contributed by atoms with van der Waals surface area (Å²) >= 11 is 0. The first kappa shape index (κ1) is 21.8. The van der Waals surface area contributed by atoms with Crippen molar-refractivity contribution in [2.75, 3.05) is 0 Å². The van der Waals surface area contributed by atoms with E-state index < -0.39 is 49.6 Å². The van der Waals surface area contributed by atoms with Gasteiger partial charge in [-0.2, -0.15) is 0 Å². The van der Waals surface area contributed by atoms with Crippen molar-refractivity contribution < 1.29 is 32.9 Å². The second kappa shape index (κ2) is 6.85. The molecular formula is C16H18F8Si3-2. The summed E-state index contributed by atoms with van der Waals surface area (Å²) in [5.74, 6) is 0. The molecule has 11 heteroatoms. The third-order valence-electron chi connectivity index (χ3n) is 4.51. The molecule has 0 bridgehead atoms. The van der Waals surface area contributed by atoms with Crippen molar-refractivity contribution in [3.63, 3.8) is 0 Å². The van der Waals surface area contributed by atoms with Gasteiger partial charge in [0, 0.05) is 0 Å². The quantitative estimate of drug-likeness (QED) is 0.274. The van der Waals surface area contributed by atoms with Crippen LogP contribution in [0.3, 0.4) is 0 Å². The van der Waals surface area contributed by atoms with Crippen LogP contribution in [0.1, 0.15) is 0 Å². The summed E-state index contributed by atoms with van der Waals surface area (Å²) in [7, 11) is -20.1.